The predicted octanol–water partition coefficient (Wildman–Crippen LogP) is 3.51. The number of pyridine rings is 1. The Kier molecular flexibility index (Phi) is 5.41. The van der Waals surface area contributed by atoms with E-state index in [0.717, 1.165) is 0 Å². The topological polar surface area (TPSA) is 86.3 Å². The molecule has 0 fully saturated rings. The lowest BCUT2D eigenvalue weighted by Gasteiger charge is -2.21. The lowest BCUT2D eigenvalue weighted by molar-refractivity contribution is -0.128. The van der Waals surface area contributed by atoms with Crippen LogP contribution in [-0.4, -0.2) is 24.6 Å². The van der Waals surface area contributed by atoms with Crippen molar-refractivity contribution >= 4 is 45.7 Å². The molecule has 0 aliphatic rings. The van der Waals surface area contributed by atoms with Gasteiger partial charge >= 0.3 is 0 Å². The van der Waals surface area contributed by atoms with Crippen molar-refractivity contribution in [3.63, 3.8) is 0 Å². The highest BCUT2D eigenvalue weighted by atomic mass is 35.5. The van der Waals surface area contributed by atoms with Gasteiger partial charge in [-0.1, -0.05) is 35.3 Å². The maximum Gasteiger partial charge on any atom is 0.264 e. The van der Waals surface area contributed by atoms with E-state index in [4.69, 9.17) is 33.7 Å². The lowest BCUT2D eigenvalue weighted by atomic mass is 10.0. The smallest absolute Gasteiger partial charge is 0.264 e. The number of nitrogens with two attached hydrogens (primary N) is 1. The Hall–Kier alpha value is -2.54. The summed E-state index contributed by atoms with van der Waals surface area (Å²) in [5.41, 5.74) is 6.53. The molecule has 1 heterocycles. The number of anilines is 1. The fourth-order valence-electron chi connectivity index (χ4n) is 3.14. The summed E-state index contributed by atoms with van der Waals surface area (Å²) >= 11 is 12.5. The van der Waals surface area contributed by atoms with Crippen molar-refractivity contribution < 1.29 is 9.53 Å². The SMILES string of the molecule is CNc1c(C(OC)C(N)=O)c(=O)n(-c2ccccc2Cl)c2cc(Cl)ccc12. The van der Waals surface area contributed by atoms with E-state index in [2.05, 4.69) is 5.32 Å². The Labute approximate surface area is 165 Å². The van der Waals surface area contributed by atoms with Crippen molar-refractivity contribution in [2.45, 2.75) is 6.10 Å². The number of para-hydroxylation sites is 1. The van der Waals surface area contributed by atoms with Crippen molar-refractivity contribution in [3.05, 3.63) is 68.4 Å². The van der Waals surface area contributed by atoms with Crippen molar-refractivity contribution in [2.75, 3.05) is 19.5 Å². The van der Waals surface area contributed by atoms with Crippen LogP contribution in [0.1, 0.15) is 11.7 Å². The van der Waals surface area contributed by atoms with E-state index in [1.165, 1.54) is 11.7 Å². The summed E-state index contributed by atoms with van der Waals surface area (Å²) in [6.45, 7) is 0. The molecule has 2 aromatic carbocycles. The van der Waals surface area contributed by atoms with Gasteiger partial charge in [0, 0.05) is 24.6 Å². The number of aromatic nitrogens is 1. The standard InChI is InChI=1S/C19H17Cl2N3O3/c1-23-16-11-8-7-10(20)9-14(11)24(13-6-4-3-5-12(13)21)19(26)15(16)17(27-2)18(22)25/h3-9,17,23H,1-2H3,(H2,22,25). The van der Waals surface area contributed by atoms with Gasteiger partial charge in [0.15, 0.2) is 6.10 Å². The Morgan fingerprint density at radius 1 is 1.22 bits per heavy atom. The van der Waals surface area contributed by atoms with Gasteiger partial charge in [-0.3, -0.25) is 14.2 Å². The molecule has 1 atom stereocenters. The zero-order chi connectivity index (χ0) is 19.7. The highest BCUT2D eigenvalue weighted by Crippen LogP contribution is 2.33. The molecule has 6 nitrogen and oxygen atoms in total. The van der Waals surface area contributed by atoms with E-state index >= 15 is 0 Å². The minimum atomic E-state index is -1.23. The molecule has 1 aromatic heterocycles. The number of benzene rings is 2. The molecule has 3 N–H and O–H groups in total. The van der Waals surface area contributed by atoms with Crippen LogP contribution < -0.4 is 16.6 Å². The number of rotatable bonds is 5. The minimum absolute atomic E-state index is 0.0993. The fraction of sp³-hybridized carbons (Fsp3) is 0.158. The number of hydrogen-bond donors (Lipinski definition) is 2. The van der Waals surface area contributed by atoms with Crippen LogP contribution in [0.4, 0.5) is 5.69 Å². The normalized spacial score (nSPS) is 12.1. The van der Waals surface area contributed by atoms with Gasteiger partial charge in [0.25, 0.3) is 11.5 Å². The number of amides is 1. The molecule has 0 saturated carbocycles. The van der Waals surface area contributed by atoms with Gasteiger partial charge < -0.3 is 15.8 Å². The molecule has 3 rings (SSSR count). The highest BCUT2D eigenvalue weighted by Gasteiger charge is 2.28. The molecule has 0 aliphatic carbocycles. The van der Waals surface area contributed by atoms with E-state index in [1.54, 1.807) is 49.5 Å². The lowest BCUT2D eigenvalue weighted by Crippen LogP contribution is -2.33. The molecule has 0 radical (unpaired) electrons. The van der Waals surface area contributed by atoms with Crippen molar-refractivity contribution in [1.29, 1.82) is 0 Å². The first-order valence-corrected chi connectivity index (χ1v) is 8.79. The summed E-state index contributed by atoms with van der Waals surface area (Å²) in [4.78, 5) is 25.4. The zero-order valence-corrected chi connectivity index (χ0v) is 16.1. The summed E-state index contributed by atoms with van der Waals surface area (Å²) < 4.78 is 6.64. The molecule has 27 heavy (non-hydrogen) atoms. The number of fused-ring (bicyclic) bond motifs is 1. The second-order valence-electron chi connectivity index (χ2n) is 5.81. The Balaban J connectivity index is 2.57. The van der Waals surface area contributed by atoms with Crippen LogP contribution in [0.3, 0.4) is 0 Å². The maximum absolute atomic E-state index is 13.5. The molecule has 1 unspecified atom stereocenters. The van der Waals surface area contributed by atoms with Crippen LogP contribution in [0, 0.1) is 0 Å². The van der Waals surface area contributed by atoms with Crippen LogP contribution in [0.15, 0.2) is 47.3 Å². The van der Waals surface area contributed by atoms with Crippen LogP contribution in [0.25, 0.3) is 16.6 Å². The quantitative estimate of drug-likeness (QED) is 0.679. The van der Waals surface area contributed by atoms with Gasteiger partial charge in [-0.05, 0) is 30.3 Å². The summed E-state index contributed by atoms with van der Waals surface area (Å²) in [6, 6.07) is 12.0. The molecule has 0 bridgehead atoms. The van der Waals surface area contributed by atoms with E-state index in [9.17, 15) is 9.59 Å². The third-order valence-electron chi connectivity index (χ3n) is 4.27. The number of nitrogens with zero attached hydrogens (tertiary/aromatic N) is 1. The molecule has 0 spiro atoms. The number of primary amides is 1. The largest absolute Gasteiger partial charge is 0.387 e. The van der Waals surface area contributed by atoms with Crippen molar-refractivity contribution in [1.82, 2.24) is 4.57 Å². The first kappa shape index (κ1) is 19.2. The molecular weight excluding hydrogens is 389 g/mol. The molecule has 8 heteroatoms. The number of nitrogens with one attached hydrogen (secondary N) is 1. The second-order valence-corrected chi connectivity index (χ2v) is 6.65. The highest BCUT2D eigenvalue weighted by molar-refractivity contribution is 6.32. The van der Waals surface area contributed by atoms with Crippen molar-refractivity contribution in [3.8, 4) is 5.69 Å². The Morgan fingerprint density at radius 2 is 1.93 bits per heavy atom. The zero-order valence-electron chi connectivity index (χ0n) is 14.6. The number of carbonyl (C=O) groups excluding carboxylic acids is 1. The average Bonchev–Trinajstić information content (AvgIpc) is 2.63. The number of halogens is 2. The van der Waals surface area contributed by atoms with Crippen LogP contribution >= 0.6 is 23.2 Å². The van der Waals surface area contributed by atoms with Crippen molar-refractivity contribution in [2.24, 2.45) is 5.73 Å². The van der Waals surface area contributed by atoms with Gasteiger partial charge in [-0.25, -0.2) is 0 Å². The van der Waals surface area contributed by atoms with Gasteiger partial charge in [0.05, 0.1) is 27.5 Å². The first-order valence-electron chi connectivity index (χ1n) is 8.03. The number of hydrogen-bond acceptors (Lipinski definition) is 4. The average molecular weight is 406 g/mol. The molecular formula is C19H17Cl2N3O3. The molecule has 0 aliphatic heterocycles. The van der Waals surface area contributed by atoms with Gasteiger partial charge in [0.2, 0.25) is 0 Å². The third-order valence-corrected chi connectivity index (χ3v) is 4.83. The van der Waals surface area contributed by atoms with E-state index in [-0.39, 0.29) is 5.56 Å². The number of ether oxygens (including phenoxy) is 1. The number of carbonyl (C=O) groups is 1. The third kappa shape index (κ3) is 3.27. The van der Waals surface area contributed by atoms with E-state index in [0.29, 0.717) is 32.3 Å². The van der Waals surface area contributed by atoms with Crippen LogP contribution in [0.2, 0.25) is 10.0 Å². The molecule has 3 aromatic rings. The monoisotopic (exact) mass is 405 g/mol. The van der Waals surface area contributed by atoms with E-state index < -0.39 is 17.6 Å². The Bertz CT molecular complexity index is 1100. The first-order chi connectivity index (χ1) is 12.9. The second kappa shape index (κ2) is 7.60. The summed E-state index contributed by atoms with van der Waals surface area (Å²) in [6.07, 6.45) is -1.23. The van der Waals surface area contributed by atoms with Crippen LogP contribution in [0.5, 0.6) is 0 Å². The number of methoxy groups -OCH3 is 1. The molecule has 140 valence electrons. The summed E-state index contributed by atoms with van der Waals surface area (Å²) in [7, 11) is 2.97. The minimum Gasteiger partial charge on any atom is -0.387 e. The molecule has 1 amide bonds. The predicted molar refractivity (Wildman–Crippen MR) is 108 cm³/mol. The van der Waals surface area contributed by atoms with Gasteiger partial charge in [-0.2, -0.15) is 0 Å². The van der Waals surface area contributed by atoms with Crippen LogP contribution in [-0.2, 0) is 9.53 Å². The summed E-state index contributed by atoms with van der Waals surface area (Å²) in [5.74, 6) is -0.773. The van der Waals surface area contributed by atoms with Gasteiger partial charge in [-0.15, -0.1) is 0 Å². The maximum atomic E-state index is 13.5. The summed E-state index contributed by atoms with van der Waals surface area (Å²) in [5, 5.41) is 4.48. The Morgan fingerprint density at radius 3 is 2.52 bits per heavy atom. The fourth-order valence-corrected chi connectivity index (χ4v) is 3.53. The van der Waals surface area contributed by atoms with E-state index in [1.807, 2.05) is 0 Å². The van der Waals surface area contributed by atoms with Gasteiger partial charge in [0.1, 0.15) is 0 Å². The molecule has 0 saturated heterocycles.